The van der Waals surface area contributed by atoms with E-state index in [1.54, 1.807) is 36.7 Å². The maximum atomic E-state index is 6.30. The van der Waals surface area contributed by atoms with E-state index in [4.69, 9.17) is 44.3 Å². The number of halogens is 3. The lowest BCUT2D eigenvalue weighted by molar-refractivity contribution is 0.00171. The molecule has 1 heterocycles. The van der Waals surface area contributed by atoms with Crippen molar-refractivity contribution in [1.82, 2.24) is 4.98 Å². The summed E-state index contributed by atoms with van der Waals surface area (Å²) < 4.78 is 12.2. The molecular weight excluding hydrogens is 405 g/mol. The van der Waals surface area contributed by atoms with Crippen LogP contribution < -0.4 is 4.74 Å². The summed E-state index contributed by atoms with van der Waals surface area (Å²) >= 11 is 17.9. The van der Waals surface area contributed by atoms with Crippen molar-refractivity contribution in [2.75, 3.05) is 6.61 Å². The van der Waals surface area contributed by atoms with Crippen molar-refractivity contribution in [2.45, 2.75) is 26.9 Å². The van der Waals surface area contributed by atoms with Gasteiger partial charge in [-0.05, 0) is 47.4 Å². The molecule has 0 N–H and O–H groups in total. The fraction of sp³-hybridized carbons (Fsp3) is 0.286. The number of ether oxygens (including phenoxy) is 2. The Morgan fingerprint density at radius 2 is 2.00 bits per heavy atom. The lowest BCUT2D eigenvalue weighted by Crippen LogP contribution is -2.33. The van der Waals surface area contributed by atoms with Gasteiger partial charge in [0.05, 0.1) is 11.6 Å². The first kappa shape index (κ1) is 21.8. The predicted octanol–water partition coefficient (Wildman–Crippen LogP) is 6.99. The largest absolute Gasteiger partial charge is 0.457 e. The van der Waals surface area contributed by atoms with Crippen LogP contribution in [0.2, 0.25) is 10.0 Å². The van der Waals surface area contributed by atoms with Crippen LogP contribution in [0.15, 0.2) is 60.1 Å². The number of nitrogens with zero attached hydrogens (tertiary/aromatic N) is 1. The topological polar surface area (TPSA) is 31.4 Å². The van der Waals surface area contributed by atoms with E-state index >= 15 is 0 Å². The van der Waals surface area contributed by atoms with Gasteiger partial charge < -0.3 is 9.47 Å². The molecule has 2 aromatic rings. The molecule has 0 aliphatic heterocycles. The molecule has 0 spiro atoms. The van der Waals surface area contributed by atoms with Gasteiger partial charge in [-0.15, -0.1) is 0 Å². The minimum Gasteiger partial charge on any atom is -0.457 e. The molecule has 0 saturated heterocycles. The van der Waals surface area contributed by atoms with Crippen molar-refractivity contribution >= 4 is 40.9 Å². The van der Waals surface area contributed by atoms with Crippen LogP contribution in [-0.2, 0) is 4.74 Å². The number of rotatable bonds is 7. The predicted molar refractivity (Wildman–Crippen MR) is 113 cm³/mol. The zero-order chi connectivity index (χ0) is 19.9. The fourth-order valence-electron chi connectivity index (χ4n) is 2.42. The molecule has 27 heavy (non-hydrogen) atoms. The Kier molecular flexibility index (Phi) is 8.18. The normalized spacial score (nSPS) is 13.8. The van der Waals surface area contributed by atoms with Crippen molar-refractivity contribution in [2.24, 2.45) is 5.41 Å². The van der Waals surface area contributed by atoms with E-state index in [-0.39, 0.29) is 11.5 Å². The Morgan fingerprint density at radius 3 is 2.59 bits per heavy atom. The Balaban J connectivity index is 2.45. The minimum atomic E-state index is -0.350. The molecule has 6 heteroatoms. The summed E-state index contributed by atoms with van der Waals surface area (Å²) in [7, 11) is 0. The smallest absolute Gasteiger partial charge is 0.145 e. The molecule has 1 aromatic carbocycles. The summed E-state index contributed by atoms with van der Waals surface area (Å²) in [6.07, 6.45) is 6.76. The molecule has 0 aliphatic carbocycles. The van der Waals surface area contributed by atoms with Crippen LogP contribution in [0.4, 0.5) is 0 Å². The zero-order valence-electron chi connectivity index (χ0n) is 15.5. The van der Waals surface area contributed by atoms with Gasteiger partial charge >= 0.3 is 0 Å². The molecule has 0 bridgehead atoms. The summed E-state index contributed by atoms with van der Waals surface area (Å²) in [5, 5.41) is 0.967. The summed E-state index contributed by atoms with van der Waals surface area (Å²) in [6, 6.07) is 8.91. The molecule has 0 radical (unpaired) electrons. The van der Waals surface area contributed by atoms with Crippen LogP contribution in [0.25, 0.3) is 6.08 Å². The van der Waals surface area contributed by atoms with E-state index < -0.39 is 0 Å². The van der Waals surface area contributed by atoms with Gasteiger partial charge in [0.1, 0.15) is 17.6 Å². The summed E-state index contributed by atoms with van der Waals surface area (Å²) in [5.74, 6) is 1.12. The molecule has 144 valence electrons. The third-order valence-corrected chi connectivity index (χ3v) is 4.32. The maximum absolute atomic E-state index is 6.30. The second kappa shape index (κ2) is 10.1. The Morgan fingerprint density at radius 1 is 1.22 bits per heavy atom. The van der Waals surface area contributed by atoms with Crippen LogP contribution >= 0.6 is 34.8 Å². The van der Waals surface area contributed by atoms with Gasteiger partial charge in [-0.25, -0.2) is 0 Å². The number of hydrogen-bond acceptors (Lipinski definition) is 3. The molecule has 0 fully saturated rings. The molecule has 0 saturated carbocycles. The third kappa shape index (κ3) is 6.86. The average molecular weight is 427 g/mol. The average Bonchev–Trinajstić information content (AvgIpc) is 2.60. The molecule has 0 amide bonds. The maximum Gasteiger partial charge on any atom is 0.145 e. The zero-order valence-corrected chi connectivity index (χ0v) is 17.7. The van der Waals surface area contributed by atoms with E-state index in [1.165, 1.54) is 5.54 Å². The van der Waals surface area contributed by atoms with Crippen molar-refractivity contribution in [1.29, 1.82) is 0 Å². The molecule has 0 aliphatic rings. The van der Waals surface area contributed by atoms with Crippen molar-refractivity contribution in [3.05, 3.63) is 75.7 Å². The Bertz CT molecular complexity index is 799. The minimum absolute atomic E-state index is 0.243. The van der Waals surface area contributed by atoms with Crippen LogP contribution in [0.3, 0.4) is 0 Å². The van der Waals surface area contributed by atoms with Crippen molar-refractivity contribution in [3.63, 3.8) is 0 Å². The SMILES string of the molecule is CC(C)(C)C(OC/C=C/Cl)/C(=C\c1cccnc1)Oc1ccc(Cl)cc1Cl. The Hall–Kier alpha value is -1.52. The van der Waals surface area contributed by atoms with Gasteiger partial charge in [0.2, 0.25) is 0 Å². The second-order valence-electron chi connectivity index (χ2n) is 6.95. The standard InChI is InChI=1S/C21H22Cl3NO2/c1-21(2,3)20(26-11-5-9-22)19(12-15-6-4-10-25-14-15)27-18-8-7-16(23)13-17(18)24/h4-10,12-14,20H,11H2,1-3H3/b9-5+,19-12+. The number of hydrogen-bond donors (Lipinski definition) is 0. The quantitative estimate of drug-likeness (QED) is 0.447. The van der Waals surface area contributed by atoms with Gasteiger partial charge in [-0.3, -0.25) is 4.98 Å². The highest BCUT2D eigenvalue weighted by Gasteiger charge is 2.31. The fourth-order valence-corrected chi connectivity index (χ4v) is 2.94. The highest BCUT2D eigenvalue weighted by molar-refractivity contribution is 6.35. The second-order valence-corrected chi connectivity index (χ2v) is 8.05. The number of benzene rings is 1. The number of aromatic nitrogens is 1. The van der Waals surface area contributed by atoms with E-state index in [9.17, 15) is 0 Å². The van der Waals surface area contributed by atoms with Crippen molar-refractivity contribution in [3.8, 4) is 5.75 Å². The first-order chi connectivity index (χ1) is 12.8. The van der Waals surface area contributed by atoms with E-state index in [0.717, 1.165) is 5.56 Å². The van der Waals surface area contributed by atoms with Gasteiger partial charge in [-0.2, -0.15) is 0 Å². The van der Waals surface area contributed by atoms with Gasteiger partial charge in [0.25, 0.3) is 0 Å². The molecule has 3 nitrogen and oxygen atoms in total. The van der Waals surface area contributed by atoms with Crippen LogP contribution in [0, 0.1) is 5.41 Å². The highest BCUT2D eigenvalue weighted by atomic mass is 35.5. The lowest BCUT2D eigenvalue weighted by atomic mass is 9.87. The van der Waals surface area contributed by atoms with Gasteiger partial charge in [-0.1, -0.05) is 61.6 Å². The summed E-state index contributed by atoms with van der Waals surface area (Å²) in [6.45, 7) is 6.58. The number of pyridine rings is 1. The highest BCUT2D eigenvalue weighted by Crippen LogP contribution is 2.34. The first-order valence-corrected chi connectivity index (χ1v) is 9.62. The molecule has 1 aromatic heterocycles. The van der Waals surface area contributed by atoms with Gasteiger partial charge in [0, 0.05) is 23.0 Å². The van der Waals surface area contributed by atoms with Crippen LogP contribution in [-0.4, -0.2) is 17.7 Å². The lowest BCUT2D eigenvalue weighted by Gasteiger charge is -2.32. The van der Waals surface area contributed by atoms with Gasteiger partial charge in [0.15, 0.2) is 0 Å². The van der Waals surface area contributed by atoms with Crippen LogP contribution in [0.5, 0.6) is 5.75 Å². The molecular formula is C21H22Cl3NO2. The first-order valence-electron chi connectivity index (χ1n) is 8.42. The van der Waals surface area contributed by atoms with Crippen LogP contribution in [0.1, 0.15) is 26.3 Å². The molecule has 2 rings (SSSR count). The van der Waals surface area contributed by atoms with E-state index in [0.29, 0.717) is 28.2 Å². The van der Waals surface area contributed by atoms with Crippen molar-refractivity contribution < 1.29 is 9.47 Å². The molecule has 1 atom stereocenters. The summed E-state index contributed by atoms with van der Waals surface area (Å²) in [5.41, 5.74) is 2.08. The molecule has 1 unspecified atom stereocenters. The Labute approximate surface area is 175 Å². The van der Waals surface area contributed by atoms with E-state index in [2.05, 4.69) is 25.8 Å². The third-order valence-electron chi connectivity index (χ3n) is 3.61. The summed E-state index contributed by atoms with van der Waals surface area (Å²) in [4.78, 5) is 4.16. The van der Waals surface area contributed by atoms with E-state index in [1.807, 2.05) is 18.2 Å². The monoisotopic (exact) mass is 425 g/mol.